The van der Waals surface area contributed by atoms with Gasteiger partial charge in [-0.05, 0) is 31.0 Å². The molecule has 3 nitrogen and oxygen atoms in total. The smallest absolute Gasteiger partial charge is 0.255 e. The van der Waals surface area contributed by atoms with Gasteiger partial charge in [0.1, 0.15) is 5.82 Å². The molecule has 0 unspecified atom stereocenters. The molecule has 1 aliphatic carbocycles. The number of rotatable bonds is 3. The van der Waals surface area contributed by atoms with E-state index in [2.05, 4.69) is 5.32 Å². The van der Waals surface area contributed by atoms with Gasteiger partial charge >= 0.3 is 0 Å². The molecular formula is C12H15FN2O. The van der Waals surface area contributed by atoms with Crippen molar-refractivity contribution in [3.8, 4) is 0 Å². The number of nitrogens with zero attached hydrogens (tertiary/aromatic N) is 1. The second kappa shape index (κ2) is 4.12. The minimum Gasteiger partial charge on any atom is -0.382 e. The maximum Gasteiger partial charge on any atom is 0.255 e. The molecule has 0 aromatic heterocycles. The van der Waals surface area contributed by atoms with Crippen molar-refractivity contribution < 1.29 is 9.18 Å². The van der Waals surface area contributed by atoms with Gasteiger partial charge in [0.2, 0.25) is 0 Å². The van der Waals surface area contributed by atoms with Gasteiger partial charge in [-0.15, -0.1) is 0 Å². The molecule has 0 spiro atoms. The molecule has 16 heavy (non-hydrogen) atoms. The Kier molecular flexibility index (Phi) is 2.81. The topological polar surface area (TPSA) is 32.3 Å². The van der Waals surface area contributed by atoms with Crippen LogP contribution in [0.5, 0.6) is 0 Å². The fraction of sp³-hybridized carbons (Fsp3) is 0.417. The summed E-state index contributed by atoms with van der Waals surface area (Å²) >= 11 is 0. The Hall–Kier alpha value is -1.58. The van der Waals surface area contributed by atoms with Crippen LogP contribution >= 0.6 is 0 Å². The fourth-order valence-electron chi connectivity index (χ4n) is 1.51. The molecule has 0 saturated heterocycles. The first-order valence-electron chi connectivity index (χ1n) is 5.35. The van der Waals surface area contributed by atoms with Crippen LogP contribution in [-0.2, 0) is 0 Å². The van der Waals surface area contributed by atoms with E-state index in [-0.39, 0.29) is 11.7 Å². The van der Waals surface area contributed by atoms with Gasteiger partial charge in [0, 0.05) is 25.8 Å². The average Bonchev–Trinajstić information content (AvgIpc) is 3.03. The number of hydrogen-bond acceptors (Lipinski definition) is 2. The van der Waals surface area contributed by atoms with Gasteiger partial charge in [-0.1, -0.05) is 0 Å². The van der Waals surface area contributed by atoms with E-state index in [1.54, 1.807) is 20.2 Å². The van der Waals surface area contributed by atoms with Crippen molar-refractivity contribution >= 4 is 11.6 Å². The third-order valence-corrected chi connectivity index (χ3v) is 2.56. The minimum absolute atomic E-state index is 0.178. The Bertz CT molecular complexity index is 413. The number of carbonyl (C=O) groups is 1. The SMILES string of the molecule is CN(C)C(=O)c1cc(F)ccc1NC1CC1. The predicted octanol–water partition coefficient (Wildman–Crippen LogP) is 2.10. The molecule has 1 N–H and O–H groups in total. The van der Waals surface area contributed by atoms with Crippen molar-refractivity contribution in [1.82, 2.24) is 4.90 Å². The molecule has 0 aliphatic heterocycles. The number of benzene rings is 1. The van der Waals surface area contributed by atoms with E-state index in [1.807, 2.05) is 0 Å². The van der Waals surface area contributed by atoms with Gasteiger partial charge < -0.3 is 10.2 Å². The van der Waals surface area contributed by atoms with Crippen molar-refractivity contribution in [2.75, 3.05) is 19.4 Å². The van der Waals surface area contributed by atoms with Gasteiger partial charge in [0.05, 0.1) is 5.56 Å². The van der Waals surface area contributed by atoms with E-state index in [0.29, 0.717) is 11.6 Å². The molecule has 86 valence electrons. The first kappa shape index (κ1) is 10.9. The molecule has 0 bridgehead atoms. The summed E-state index contributed by atoms with van der Waals surface area (Å²) in [5, 5.41) is 3.23. The van der Waals surface area contributed by atoms with Gasteiger partial charge in [-0.3, -0.25) is 4.79 Å². The summed E-state index contributed by atoms with van der Waals surface area (Å²) in [6.07, 6.45) is 2.24. The molecule has 1 aromatic carbocycles. The van der Waals surface area contributed by atoms with Crippen LogP contribution < -0.4 is 5.32 Å². The fourth-order valence-corrected chi connectivity index (χ4v) is 1.51. The van der Waals surface area contributed by atoms with E-state index in [9.17, 15) is 9.18 Å². The quantitative estimate of drug-likeness (QED) is 0.849. The third kappa shape index (κ3) is 2.32. The second-order valence-corrected chi connectivity index (χ2v) is 4.31. The van der Waals surface area contributed by atoms with Crippen LogP contribution in [0.2, 0.25) is 0 Å². The molecular weight excluding hydrogens is 207 g/mol. The second-order valence-electron chi connectivity index (χ2n) is 4.31. The zero-order valence-electron chi connectivity index (χ0n) is 9.46. The lowest BCUT2D eigenvalue weighted by Gasteiger charge is -2.15. The lowest BCUT2D eigenvalue weighted by Crippen LogP contribution is -2.23. The maximum atomic E-state index is 13.1. The maximum absolute atomic E-state index is 13.1. The van der Waals surface area contributed by atoms with Crippen molar-refractivity contribution in [2.24, 2.45) is 0 Å². The Morgan fingerprint density at radius 1 is 1.44 bits per heavy atom. The number of amides is 1. The molecule has 1 aliphatic rings. The zero-order chi connectivity index (χ0) is 11.7. The summed E-state index contributed by atoms with van der Waals surface area (Å²) in [5.41, 5.74) is 1.12. The van der Waals surface area contributed by atoms with Crippen molar-refractivity contribution in [1.29, 1.82) is 0 Å². The minimum atomic E-state index is -0.383. The highest BCUT2D eigenvalue weighted by atomic mass is 19.1. The van der Waals surface area contributed by atoms with Crippen molar-refractivity contribution in [3.63, 3.8) is 0 Å². The number of carbonyl (C=O) groups excluding carboxylic acids is 1. The summed E-state index contributed by atoms with van der Waals surface area (Å²) in [7, 11) is 3.32. The summed E-state index contributed by atoms with van der Waals surface area (Å²) in [4.78, 5) is 13.3. The van der Waals surface area contributed by atoms with Gasteiger partial charge in [-0.25, -0.2) is 4.39 Å². The largest absolute Gasteiger partial charge is 0.382 e. The zero-order valence-corrected chi connectivity index (χ0v) is 9.46. The van der Waals surface area contributed by atoms with Crippen LogP contribution in [0.15, 0.2) is 18.2 Å². The molecule has 2 rings (SSSR count). The van der Waals surface area contributed by atoms with Crippen LogP contribution in [0.25, 0.3) is 0 Å². The Labute approximate surface area is 94.3 Å². The Morgan fingerprint density at radius 3 is 2.69 bits per heavy atom. The van der Waals surface area contributed by atoms with Crippen LogP contribution in [0.3, 0.4) is 0 Å². The number of nitrogens with one attached hydrogen (secondary N) is 1. The van der Waals surface area contributed by atoms with E-state index < -0.39 is 0 Å². The van der Waals surface area contributed by atoms with E-state index in [0.717, 1.165) is 18.5 Å². The highest BCUT2D eigenvalue weighted by Gasteiger charge is 2.23. The summed E-state index contributed by atoms with van der Waals surface area (Å²) < 4.78 is 13.1. The van der Waals surface area contributed by atoms with Gasteiger partial charge in [-0.2, -0.15) is 0 Å². The van der Waals surface area contributed by atoms with E-state index in [4.69, 9.17) is 0 Å². The lowest BCUT2D eigenvalue weighted by molar-refractivity contribution is 0.0828. The summed E-state index contributed by atoms with van der Waals surface area (Å²) in [6.45, 7) is 0. The number of hydrogen-bond donors (Lipinski definition) is 1. The summed E-state index contributed by atoms with van der Waals surface area (Å²) in [5.74, 6) is -0.561. The third-order valence-electron chi connectivity index (χ3n) is 2.56. The first-order valence-corrected chi connectivity index (χ1v) is 5.35. The molecule has 1 saturated carbocycles. The van der Waals surface area contributed by atoms with E-state index in [1.165, 1.54) is 17.0 Å². The monoisotopic (exact) mass is 222 g/mol. The molecule has 0 radical (unpaired) electrons. The van der Waals surface area contributed by atoms with Crippen LogP contribution in [0, 0.1) is 5.82 Å². The highest BCUT2D eigenvalue weighted by Crippen LogP contribution is 2.27. The lowest BCUT2D eigenvalue weighted by atomic mass is 10.1. The number of halogens is 1. The molecule has 1 fully saturated rings. The molecule has 0 heterocycles. The molecule has 1 amide bonds. The first-order chi connectivity index (χ1) is 7.58. The van der Waals surface area contributed by atoms with Crippen LogP contribution in [0.1, 0.15) is 23.2 Å². The standard InChI is InChI=1S/C12H15FN2O/c1-15(2)12(16)10-7-8(13)3-6-11(10)14-9-4-5-9/h3,6-7,9,14H,4-5H2,1-2H3. The van der Waals surface area contributed by atoms with Crippen LogP contribution in [-0.4, -0.2) is 30.9 Å². The predicted molar refractivity (Wildman–Crippen MR) is 61.1 cm³/mol. The van der Waals surface area contributed by atoms with Crippen LogP contribution in [0.4, 0.5) is 10.1 Å². The summed E-state index contributed by atoms with van der Waals surface area (Å²) in [6, 6.07) is 4.73. The van der Waals surface area contributed by atoms with Gasteiger partial charge in [0.25, 0.3) is 5.91 Å². The molecule has 1 aromatic rings. The van der Waals surface area contributed by atoms with Crippen molar-refractivity contribution in [3.05, 3.63) is 29.6 Å². The molecule has 4 heteroatoms. The highest BCUT2D eigenvalue weighted by molar-refractivity contribution is 5.99. The van der Waals surface area contributed by atoms with Crippen molar-refractivity contribution in [2.45, 2.75) is 18.9 Å². The molecule has 0 atom stereocenters. The van der Waals surface area contributed by atoms with Gasteiger partial charge in [0.15, 0.2) is 0 Å². The Balaban J connectivity index is 2.30. The average molecular weight is 222 g/mol. The number of anilines is 1. The normalized spacial score (nSPS) is 14.7. The van der Waals surface area contributed by atoms with E-state index >= 15 is 0 Å². The Morgan fingerprint density at radius 2 is 2.12 bits per heavy atom.